The van der Waals surface area contributed by atoms with Gasteiger partial charge in [0, 0.05) is 11.7 Å². The average molecular weight is 195 g/mol. The minimum absolute atomic E-state index is 0.177. The second kappa shape index (κ2) is 4.99. The van der Waals surface area contributed by atoms with E-state index >= 15 is 0 Å². The molecule has 0 unspecified atom stereocenters. The quantitative estimate of drug-likeness (QED) is 0.771. The predicted octanol–water partition coefficient (Wildman–Crippen LogP) is 3.73. The molecule has 78 valence electrons. The molecule has 1 nitrogen and oxygen atoms in total. The monoisotopic (exact) mass is 195 g/mol. The Morgan fingerprint density at radius 3 is 2.50 bits per heavy atom. The number of benzene rings is 1. The Morgan fingerprint density at radius 1 is 1.29 bits per heavy atom. The van der Waals surface area contributed by atoms with Gasteiger partial charge in [-0.1, -0.05) is 19.9 Å². The summed E-state index contributed by atoms with van der Waals surface area (Å²) in [7, 11) is 0. The molecule has 0 saturated heterocycles. The molecular formula is C12H18FN. The Balaban J connectivity index is 2.79. The molecule has 1 N–H and O–H groups in total. The summed E-state index contributed by atoms with van der Waals surface area (Å²) in [6.07, 6.45) is 2.12. The van der Waals surface area contributed by atoms with Crippen LogP contribution in [-0.2, 0) is 0 Å². The third-order valence-corrected chi connectivity index (χ3v) is 2.54. The lowest BCUT2D eigenvalue weighted by Gasteiger charge is -2.17. The third kappa shape index (κ3) is 2.72. The minimum Gasteiger partial charge on any atom is -0.382 e. The van der Waals surface area contributed by atoms with E-state index in [9.17, 15) is 4.39 Å². The average Bonchev–Trinajstić information content (AvgIpc) is 2.19. The van der Waals surface area contributed by atoms with E-state index in [1.807, 2.05) is 6.92 Å². The SMILES string of the molecule is CCC(CC)Nc1cc(F)ccc1C. The van der Waals surface area contributed by atoms with Crippen molar-refractivity contribution in [2.45, 2.75) is 39.7 Å². The number of halogens is 1. The highest BCUT2D eigenvalue weighted by molar-refractivity contribution is 5.51. The van der Waals surface area contributed by atoms with Gasteiger partial charge in [-0.05, 0) is 37.5 Å². The fourth-order valence-corrected chi connectivity index (χ4v) is 1.46. The molecule has 0 aromatic heterocycles. The summed E-state index contributed by atoms with van der Waals surface area (Å²) in [6.45, 7) is 6.26. The first kappa shape index (κ1) is 11.0. The molecule has 2 heteroatoms. The van der Waals surface area contributed by atoms with E-state index in [4.69, 9.17) is 0 Å². The number of rotatable bonds is 4. The first-order chi connectivity index (χ1) is 6.67. The van der Waals surface area contributed by atoms with Crippen LogP contribution < -0.4 is 5.32 Å². The topological polar surface area (TPSA) is 12.0 Å². The van der Waals surface area contributed by atoms with Gasteiger partial charge in [0.1, 0.15) is 5.82 Å². The van der Waals surface area contributed by atoms with E-state index in [1.165, 1.54) is 6.07 Å². The molecule has 0 spiro atoms. The minimum atomic E-state index is -0.177. The van der Waals surface area contributed by atoms with E-state index in [0.717, 1.165) is 24.1 Å². The first-order valence-corrected chi connectivity index (χ1v) is 5.20. The van der Waals surface area contributed by atoms with Gasteiger partial charge in [0.25, 0.3) is 0 Å². The maximum atomic E-state index is 13.0. The zero-order valence-electron chi connectivity index (χ0n) is 9.10. The zero-order valence-corrected chi connectivity index (χ0v) is 9.10. The van der Waals surface area contributed by atoms with Crippen molar-refractivity contribution >= 4 is 5.69 Å². The van der Waals surface area contributed by atoms with Gasteiger partial charge in [-0.3, -0.25) is 0 Å². The maximum absolute atomic E-state index is 13.0. The Labute approximate surface area is 85.3 Å². The lowest BCUT2D eigenvalue weighted by atomic mass is 10.1. The third-order valence-electron chi connectivity index (χ3n) is 2.54. The fraction of sp³-hybridized carbons (Fsp3) is 0.500. The Morgan fingerprint density at radius 2 is 1.93 bits per heavy atom. The molecule has 0 radical (unpaired) electrons. The summed E-state index contributed by atoms with van der Waals surface area (Å²) in [4.78, 5) is 0. The lowest BCUT2D eigenvalue weighted by molar-refractivity contribution is 0.625. The first-order valence-electron chi connectivity index (χ1n) is 5.20. The molecule has 0 heterocycles. The van der Waals surface area contributed by atoms with Crippen molar-refractivity contribution in [2.24, 2.45) is 0 Å². The molecule has 0 amide bonds. The molecule has 14 heavy (non-hydrogen) atoms. The summed E-state index contributed by atoms with van der Waals surface area (Å²) in [5.41, 5.74) is 2.01. The lowest BCUT2D eigenvalue weighted by Crippen LogP contribution is -2.17. The van der Waals surface area contributed by atoms with Crippen molar-refractivity contribution in [1.29, 1.82) is 0 Å². The Kier molecular flexibility index (Phi) is 3.93. The normalized spacial score (nSPS) is 10.6. The van der Waals surface area contributed by atoms with Gasteiger partial charge < -0.3 is 5.32 Å². The van der Waals surface area contributed by atoms with Crippen molar-refractivity contribution in [2.75, 3.05) is 5.32 Å². The van der Waals surface area contributed by atoms with Crippen LogP contribution in [0.3, 0.4) is 0 Å². The summed E-state index contributed by atoms with van der Waals surface area (Å²) in [6, 6.07) is 5.30. The van der Waals surface area contributed by atoms with E-state index in [2.05, 4.69) is 19.2 Å². The van der Waals surface area contributed by atoms with Crippen LogP contribution >= 0.6 is 0 Å². The summed E-state index contributed by atoms with van der Waals surface area (Å²) in [5, 5.41) is 3.35. The maximum Gasteiger partial charge on any atom is 0.125 e. The van der Waals surface area contributed by atoms with Crippen LogP contribution in [0.2, 0.25) is 0 Å². The van der Waals surface area contributed by atoms with Crippen LogP contribution in [0.4, 0.5) is 10.1 Å². The summed E-state index contributed by atoms with van der Waals surface area (Å²) < 4.78 is 13.0. The molecule has 0 fully saturated rings. The van der Waals surface area contributed by atoms with E-state index in [0.29, 0.717) is 6.04 Å². The van der Waals surface area contributed by atoms with Crippen molar-refractivity contribution in [3.8, 4) is 0 Å². The van der Waals surface area contributed by atoms with Crippen LogP contribution in [-0.4, -0.2) is 6.04 Å². The van der Waals surface area contributed by atoms with Gasteiger partial charge >= 0.3 is 0 Å². The number of hydrogen-bond donors (Lipinski definition) is 1. The van der Waals surface area contributed by atoms with Gasteiger partial charge in [-0.25, -0.2) is 4.39 Å². The van der Waals surface area contributed by atoms with Gasteiger partial charge in [-0.2, -0.15) is 0 Å². The molecule has 0 bridgehead atoms. The second-order valence-corrected chi connectivity index (χ2v) is 3.62. The highest BCUT2D eigenvalue weighted by atomic mass is 19.1. The van der Waals surface area contributed by atoms with Crippen molar-refractivity contribution in [3.63, 3.8) is 0 Å². The standard InChI is InChI=1S/C12H18FN/c1-4-11(5-2)14-12-8-10(13)7-6-9(12)3/h6-8,11,14H,4-5H2,1-3H3. The van der Waals surface area contributed by atoms with Crippen molar-refractivity contribution < 1.29 is 4.39 Å². The van der Waals surface area contributed by atoms with Crippen LogP contribution in [0.25, 0.3) is 0 Å². The fourth-order valence-electron chi connectivity index (χ4n) is 1.46. The van der Waals surface area contributed by atoms with Gasteiger partial charge in [0.2, 0.25) is 0 Å². The molecule has 0 aliphatic heterocycles. The molecular weight excluding hydrogens is 177 g/mol. The van der Waals surface area contributed by atoms with Gasteiger partial charge in [0.05, 0.1) is 0 Å². The molecule has 1 rings (SSSR count). The summed E-state index contributed by atoms with van der Waals surface area (Å²) >= 11 is 0. The number of aryl methyl sites for hydroxylation is 1. The summed E-state index contributed by atoms with van der Waals surface area (Å²) in [5.74, 6) is -0.177. The largest absolute Gasteiger partial charge is 0.382 e. The van der Waals surface area contributed by atoms with E-state index in [1.54, 1.807) is 12.1 Å². The molecule has 1 aromatic rings. The molecule has 0 atom stereocenters. The highest BCUT2D eigenvalue weighted by Crippen LogP contribution is 2.18. The second-order valence-electron chi connectivity index (χ2n) is 3.62. The van der Waals surface area contributed by atoms with Crippen LogP contribution in [0, 0.1) is 12.7 Å². The molecule has 0 aliphatic carbocycles. The number of anilines is 1. The molecule has 0 saturated carbocycles. The predicted molar refractivity (Wildman–Crippen MR) is 59.1 cm³/mol. The van der Waals surface area contributed by atoms with Crippen LogP contribution in [0.15, 0.2) is 18.2 Å². The number of hydrogen-bond acceptors (Lipinski definition) is 1. The van der Waals surface area contributed by atoms with E-state index < -0.39 is 0 Å². The van der Waals surface area contributed by atoms with Gasteiger partial charge in [0.15, 0.2) is 0 Å². The Bertz CT molecular complexity index is 292. The van der Waals surface area contributed by atoms with E-state index in [-0.39, 0.29) is 5.82 Å². The zero-order chi connectivity index (χ0) is 10.6. The smallest absolute Gasteiger partial charge is 0.125 e. The van der Waals surface area contributed by atoms with Gasteiger partial charge in [-0.15, -0.1) is 0 Å². The molecule has 1 aromatic carbocycles. The molecule has 0 aliphatic rings. The highest BCUT2D eigenvalue weighted by Gasteiger charge is 2.05. The van der Waals surface area contributed by atoms with Crippen LogP contribution in [0.5, 0.6) is 0 Å². The van der Waals surface area contributed by atoms with Crippen molar-refractivity contribution in [1.82, 2.24) is 0 Å². The Hall–Kier alpha value is -1.05. The van der Waals surface area contributed by atoms with Crippen LogP contribution in [0.1, 0.15) is 32.3 Å². The number of nitrogens with one attached hydrogen (secondary N) is 1. The van der Waals surface area contributed by atoms with Crippen molar-refractivity contribution in [3.05, 3.63) is 29.6 Å².